The maximum absolute atomic E-state index is 14.5. The summed E-state index contributed by atoms with van der Waals surface area (Å²) in [6.07, 6.45) is -14.2. The Morgan fingerprint density at radius 3 is 2.18 bits per heavy atom. The number of fused-ring (bicyclic) bond motifs is 1. The van der Waals surface area contributed by atoms with Crippen LogP contribution in [0.25, 0.3) is 0 Å². The van der Waals surface area contributed by atoms with Crippen molar-refractivity contribution in [1.29, 1.82) is 5.26 Å². The summed E-state index contributed by atoms with van der Waals surface area (Å²) in [5.41, 5.74) is 7.16. The van der Waals surface area contributed by atoms with Crippen molar-refractivity contribution in [3.8, 4) is 6.07 Å². The lowest BCUT2D eigenvalue weighted by atomic mass is 10.0. The van der Waals surface area contributed by atoms with Crippen molar-refractivity contribution in [2.45, 2.75) is 56.7 Å². The van der Waals surface area contributed by atoms with Gasteiger partial charge in [0, 0.05) is 48.3 Å². The summed E-state index contributed by atoms with van der Waals surface area (Å²) in [4.78, 5) is 67.9. The van der Waals surface area contributed by atoms with Gasteiger partial charge in [0.15, 0.2) is 18.3 Å². The largest absolute Gasteiger partial charge is 0.449 e. The minimum Gasteiger partial charge on any atom is -0.449 e. The van der Waals surface area contributed by atoms with Gasteiger partial charge in [-0.2, -0.15) is 31.6 Å². The first-order valence-corrected chi connectivity index (χ1v) is 20.0. The van der Waals surface area contributed by atoms with Crippen molar-refractivity contribution in [2.24, 2.45) is 5.73 Å². The number of morpholine rings is 2. The highest BCUT2D eigenvalue weighted by Crippen LogP contribution is 2.38. The summed E-state index contributed by atoms with van der Waals surface area (Å²) in [6, 6.07) is 11.3. The summed E-state index contributed by atoms with van der Waals surface area (Å²) >= 11 is 0. The van der Waals surface area contributed by atoms with Gasteiger partial charge in [0.05, 0.1) is 42.1 Å². The predicted molar refractivity (Wildman–Crippen MR) is 217 cm³/mol. The third-order valence-corrected chi connectivity index (χ3v) is 10.8. The number of carbonyl (C=O) groups excluding carboxylic acids is 5. The number of amides is 4. The Hall–Kier alpha value is -7.49. The fourth-order valence-electron chi connectivity index (χ4n) is 7.55. The van der Waals surface area contributed by atoms with Gasteiger partial charge >= 0.3 is 18.3 Å². The molecule has 67 heavy (non-hydrogen) atoms. The molecule has 3 heterocycles. The van der Waals surface area contributed by atoms with Crippen molar-refractivity contribution in [3.63, 3.8) is 0 Å². The molecule has 4 amide bonds. The second kappa shape index (κ2) is 18.8. The van der Waals surface area contributed by atoms with Crippen LogP contribution in [0, 0.1) is 17.1 Å². The smallest absolute Gasteiger partial charge is 0.416 e. The van der Waals surface area contributed by atoms with E-state index >= 15 is 0 Å². The zero-order valence-corrected chi connectivity index (χ0v) is 34.7. The molecule has 0 spiro atoms. The van der Waals surface area contributed by atoms with Gasteiger partial charge < -0.3 is 45.5 Å². The Kier molecular flexibility index (Phi) is 13.3. The van der Waals surface area contributed by atoms with E-state index in [9.17, 15) is 59.8 Å². The third-order valence-electron chi connectivity index (χ3n) is 10.8. The third kappa shape index (κ3) is 10.2. The maximum Gasteiger partial charge on any atom is 0.416 e. The van der Waals surface area contributed by atoms with E-state index in [1.807, 2.05) is 0 Å². The van der Waals surface area contributed by atoms with Gasteiger partial charge in [0.2, 0.25) is 6.10 Å². The van der Waals surface area contributed by atoms with E-state index < -0.39 is 89.9 Å². The SMILES string of the molecule is CC(=O)O[C@@H](C(=O)Nc1ccc(C#N)c(F)c1)[C@H]1OCCN(c2ccc(C(F)(F)F)c(CN3NC4=CC(NC(=O)[C@H](O)[C@H]5OCCN(c6ccc(C(F)(F)F)cc6)C5=O)=CCC4=C3N)c2)C1=O. The lowest BCUT2D eigenvalue weighted by Gasteiger charge is -2.35. The first-order valence-electron chi connectivity index (χ1n) is 20.0. The molecule has 17 nitrogen and oxygen atoms in total. The number of hydrogen-bond acceptors (Lipinski definition) is 13. The number of aliphatic hydroxyl groups excluding tert-OH is 1. The number of nitrogens with zero attached hydrogens (tertiary/aromatic N) is 4. The van der Waals surface area contributed by atoms with Crippen LogP contribution in [0.5, 0.6) is 0 Å². The van der Waals surface area contributed by atoms with Gasteiger partial charge in [0.1, 0.15) is 17.7 Å². The highest BCUT2D eigenvalue weighted by atomic mass is 19.4. The molecule has 0 radical (unpaired) electrons. The molecule has 0 bridgehead atoms. The number of aliphatic hydroxyl groups is 1. The second-order valence-corrected chi connectivity index (χ2v) is 15.2. The van der Waals surface area contributed by atoms with Gasteiger partial charge in [-0.1, -0.05) is 6.08 Å². The van der Waals surface area contributed by atoms with E-state index in [4.69, 9.17) is 25.2 Å². The average Bonchev–Trinajstić information content (AvgIpc) is 3.57. The summed E-state index contributed by atoms with van der Waals surface area (Å²) in [7, 11) is 0. The molecule has 3 aliphatic heterocycles. The first-order chi connectivity index (χ1) is 31.6. The number of nitrogens with one attached hydrogen (secondary N) is 3. The summed E-state index contributed by atoms with van der Waals surface area (Å²) in [5, 5.41) is 25.8. The summed E-state index contributed by atoms with van der Waals surface area (Å²) in [6.45, 7) is -0.298. The van der Waals surface area contributed by atoms with Gasteiger partial charge in [-0.3, -0.25) is 34.4 Å². The molecule has 1 aliphatic carbocycles. The van der Waals surface area contributed by atoms with Crippen LogP contribution in [-0.2, 0) is 57.1 Å². The van der Waals surface area contributed by atoms with E-state index in [2.05, 4.69) is 16.1 Å². The molecule has 3 aromatic rings. The van der Waals surface area contributed by atoms with Crippen molar-refractivity contribution >= 4 is 46.7 Å². The molecule has 0 saturated carbocycles. The molecule has 7 rings (SSSR count). The number of rotatable bonds is 11. The summed E-state index contributed by atoms with van der Waals surface area (Å²) in [5.74, 6) is -6.03. The van der Waals surface area contributed by atoms with Crippen LogP contribution in [0.3, 0.4) is 0 Å². The Labute approximate surface area is 374 Å². The Morgan fingerprint density at radius 1 is 0.910 bits per heavy atom. The predicted octanol–water partition coefficient (Wildman–Crippen LogP) is 3.61. The first kappa shape index (κ1) is 47.5. The zero-order valence-electron chi connectivity index (χ0n) is 34.7. The number of alkyl halides is 6. The van der Waals surface area contributed by atoms with Crippen LogP contribution in [0.1, 0.15) is 35.6 Å². The van der Waals surface area contributed by atoms with Crippen molar-refractivity contribution < 1.29 is 74.0 Å². The molecule has 3 aromatic carbocycles. The molecule has 6 N–H and O–H groups in total. The Morgan fingerprint density at radius 2 is 1.55 bits per heavy atom. The van der Waals surface area contributed by atoms with Crippen LogP contribution >= 0.6 is 0 Å². The molecule has 4 atom stereocenters. The minimum absolute atomic E-state index is 0.00380. The standard InChI is InChI=1S/C43H37F7N8O9/c1-21(59)67-35(39(62)54-25-5-2-22(19-51)31(44)17-25)36-41(64)57(13-15-66-36)28-9-11-30(43(48,49)50)23(16-28)20-58-37(52)29-10-6-26(18-32(29)55-58)53-38(61)33(60)34-40(63)56(12-14-65-34)27-7-3-24(4-8-27)42(45,46)47/h2-9,11,16-18,33-36,55,60H,10,12-15,20,52H2,1H3,(H,53,61)(H,54,62)/t33-,34-,35-,36-/m1/s1. The minimum atomic E-state index is -4.90. The van der Waals surface area contributed by atoms with E-state index in [1.165, 1.54) is 23.2 Å². The second-order valence-electron chi connectivity index (χ2n) is 15.2. The molecule has 352 valence electrons. The van der Waals surface area contributed by atoms with Crippen LogP contribution in [-0.4, -0.2) is 90.4 Å². The highest BCUT2D eigenvalue weighted by Gasteiger charge is 2.44. The number of halogens is 7. The number of esters is 1. The average molecular weight is 943 g/mol. The quantitative estimate of drug-likeness (QED) is 0.137. The Balaban J connectivity index is 1.04. The molecule has 0 aromatic heterocycles. The van der Waals surface area contributed by atoms with E-state index in [1.54, 1.807) is 6.07 Å². The number of benzene rings is 3. The number of ether oxygens (including phenoxy) is 3. The molecular weight excluding hydrogens is 906 g/mol. The number of anilines is 3. The van der Waals surface area contributed by atoms with Crippen molar-refractivity contribution in [2.75, 3.05) is 41.4 Å². The lowest BCUT2D eigenvalue weighted by Crippen LogP contribution is -2.56. The van der Waals surface area contributed by atoms with Gasteiger partial charge in [-0.05, 0) is 78.7 Å². The number of hydrazine groups is 1. The molecule has 24 heteroatoms. The molecule has 2 fully saturated rings. The normalized spacial score (nSPS) is 19.7. The molecule has 2 saturated heterocycles. The molecule has 4 aliphatic rings. The zero-order chi connectivity index (χ0) is 48.5. The van der Waals surface area contributed by atoms with Crippen LogP contribution < -0.4 is 31.6 Å². The van der Waals surface area contributed by atoms with Gasteiger partial charge in [-0.25, -0.2) is 4.39 Å². The Bertz CT molecular complexity index is 2650. The number of nitrogens with two attached hydrogens (primary N) is 1. The lowest BCUT2D eigenvalue weighted by molar-refractivity contribution is -0.167. The highest BCUT2D eigenvalue weighted by molar-refractivity contribution is 6.05. The monoisotopic (exact) mass is 942 g/mol. The maximum atomic E-state index is 14.5. The summed E-state index contributed by atoms with van der Waals surface area (Å²) < 4.78 is 113. The fraction of sp³-hybridized carbons (Fsp3) is 0.302. The van der Waals surface area contributed by atoms with Crippen molar-refractivity contribution in [1.82, 2.24) is 15.8 Å². The molecular formula is C43H37F7N8O9. The number of hydrogen-bond donors (Lipinski definition) is 5. The number of nitriles is 1. The van der Waals surface area contributed by atoms with Crippen LogP contribution in [0.2, 0.25) is 0 Å². The van der Waals surface area contributed by atoms with Crippen molar-refractivity contribution in [3.05, 3.63) is 124 Å². The topological polar surface area (TPSA) is 229 Å². The van der Waals surface area contributed by atoms with E-state index in [-0.39, 0.29) is 78.1 Å². The van der Waals surface area contributed by atoms with Crippen LogP contribution in [0.4, 0.5) is 47.8 Å². The van der Waals surface area contributed by atoms with Crippen LogP contribution in [0.15, 0.2) is 95.6 Å². The molecule has 0 unspecified atom stereocenters. The van der Waals surface area contributed by atoms with Gasteiger partial charge in [-0.15, -0.1) is 0 Å². The van der Waals surface area contributed by atoms with E-state index in [0.29, 0.717) is 5.57 Å². The van der Waals surface area contributed by atoms with Gasteiger partial charge in [0.25, 0.3) is 23.6 Å². The number of carbonyl (C=O) groups is 5. The number of allylic oxidation sites excluding steroid dienone is 3. The van der Waals surface area contributed by atoms with E-state index in [0.717, 1.165) is 71.3 Å². The fourth-order valence-corrected chi connectivity index (χ4v) is 7.55.